The molecule has 0 spiro atoms. The number of benzene rings is 1. The van der Waals surface area contributed by atoms with Crippen molar-refractivity contribution in [1.82, 2.24) is 19.7 Å². The lowest BCUT2D eigenvalue weighted by Crippen LogP contribution is -2.08. The summed E-state index contributed by atoms with van der Waals surface area (Å²) in [4.78, 5) is 8.40. The van der Waals surface area contributed by atoms with E-state index in [1.807, 2.05) is 6.07 Å². The van der Waals surface area contributed by atoms with Crippen LogP contribution in [-0.2, 0) is 6.18 Å². The van der Waals surface area contributed by atoms with Gasteiger partial charge in [-0.2, -0.15) is 18.3 Å². The van der Waals surface area contributed by atoms with Crippen LogP contribution in [0.25, 0.3) is 28.0 Å². The van der Waals surface area contributed by atoms with Gasteiger partial charge in [-0.25, -0.2) is 9.67 Å². The Kier molecular flexibility index (Phi) is 3.72. The van der Waals surface area contributed by atoms with Crippen molar-refractivity contribution in [3.63, 3.8) is 0 Å². The van der Waals surface area contributed by atoms with Gasteiger partial charge in [0.2, 0.25) is 0 Å². The molecule has 0 atom stereocenters. The van der Waals surface area contributed by atoms with Gasteiger partial charge in [-0.05, 0) is 37.3 Å². The molecule has 0 radical (unpaired) electrons. The monoisotopic (exact) mass is 354 g/mol. The highest BCUT2D eigenvalue weighted by molar-refractivity contribution is 5.86. The van der Waals surface area contributed by atoms with E-state index >= 15 is 0 Å². The first-order chi connectivity index (χ1) is 12.4. The largest absolute Gasteiger partial charge is 0.417 e. The Morgan fingerprint density at radius 3 is 2.31 bits per heavy atom. The number of aromatic nitrogens is 4. The molecule has 0 N–H and O–H groups in total. The average Bonchev–Trinajstić information content (AvgIpc) is 2.98. The smallest absolute Gasteiger partial charge is 0.265 e. The Labute approximate surface area is 147 Å². The Balaban J connectivity index is 2.08. The molecule has 3 heterocycles. The molecule has 0 saturated carbocycles. The number of fused-ring (bicyclic) bond motifs is 1. The third-order valence-corrected chi connectivity index (χ3v) is 4.10. The van der Waals surface area contributed by atoms with Crippen LogP contribution in [-0.4, -0.2) is 19.7 Å². The van der Waals surface area contributed by atoms with Crippen LogP contribution >= 0.6 is 0 Å². The Morgan fingerprint density at radius 1 is 0.962 bits per heavy atom. The fourth-order valence-electron chi connectivity index (χ4n) is 2.93. The van der Waals surface area contributed by atoms with Crippen LogP contribution in [0.2, 0.25) is 0 Å². The summed E-state index contributed by atoms with van der Waals surface area (Å²) in [5, 5.41) is 4.32. The summed E-state index contributed by atoms with van der Waals surface area (Å²) >= 11 is 0. The third kappa shape index (κ3) is 2.71. The first-order valence-electron chi connectivity index (χ1n) is 7.88. The first kappa shape index (κ1) is 16.3. The predicted molar refractivity (Wildman–Crippen MR) is 91.8 cm³/mol. The number of halogens is 3. The topological polar surface area (TPSA) is 43.6 Å². The Hall–Kier alpha value is -3.22. The van der Waals surface area contributed by atoms with Crippen LogP contribution in [0.15, 0.2) is 60.9 Å². The van der Waals surface area contributed by atoms with Crippen molar-refractivity contribution < 1.29 is 13.2 Å². The number of aryl methyl sites for hydroxylation is 1. The van der Waals surface area contributed by atoms with Crippen LogP contribution in [0.1, 0.15) is 11.3 Å². The van der Waals surface area contributed by atoms with Gasteiger partial charge in [-0.15, -0.1) is 0 Å². The molecule has 130 valence electrons. The molecule has 0 fully saturated rings. The van der Waals surface area contributed by atoms with Crippen molar-refractivity contribution >= 4 is 11.0 Å². The van der Waals surface area contributed by atoms with E-state index in [4.69, 9.17) is 0 Å². The van der Waals surface area contributed by atoms with E-state index in [1.54, 1.807) is 43.3 Å². The van der Waals surface area contributed by atoms with Gasteiger partial charge in [0.1, 0.15) is 0 Å². The van der Waals surface area contributed by atoms with Crippen molar-refractivity contribution in [3.8, 4) is 16.9 Å². The van der Waals surface area contributed by atoms with Gasteiger partial charge in [0.15, 0.2) is 5.65 Å². The van der Waals surface area contributed by atoms with E-state index in [1.165, 1.54) is 17.1 Å². The Bertz CT molecular complexity index is 1070. The number of hydrogen-bond donors (Lipinski definition) is 0. The van der Waals surface area contributed by atoms with E-state index in [-0.39, 0.29) is 22.4 Å². The minimum atomic E-state index is -4.52. The summed E-state index contributed by atoms with van der Waals surface area (Å²) in [5.74, 6) is 0. The second-order valence-corrected chi connectivity index (χ2v) is 5.82. The molecule has 0 bridgehead atoms. The van der Waals surface area contributed by atoms with Crippen molar-refractivity contribution in [2.24, 2.45) is 0 Å². The quantitative estimate of drug-likeness (QED) is 0.519. The average molecular weight is 354 g/mol. The third-order valence-electron chi connectivity index (χ3n) is 4.10. The Morgan fingerprint density at radius 2 is 1.65 bits per heavy atom. The summed E-state index contributed by atoms with van der Waals surface area (Å²) in [6, 6.07) is 13.3. The van der Waals surface area contributed by atoms with Crippen molar-refractivity contribution in [2.45, 2.75) is 13.1 Å². The van der Waals surface area contributed by atoms with E-state index < -0.39 is 11.7 Å². The van der Waals surface area contributed by atoms with Crippen LogP contribution in [0.3, 0.4) is 0 Å². The van der Waals surface area contributed by atoms with Gasteiger partial charge in [0.05, 0.1) is 28.0 Å². The number of pyridine rings is 2. The van der Waals surface area contributed by atoms with Crippen LogP contribution in [0.5, 0.6) is 0 Å². The zero-order chi connectivity index (χ0) is 18.3. The minimum absolute atomic E-state index is 0.0131. The number of hydrogen-bond acceptors (Lipinski definition) is 3. The summed E-state index contributed by atoms with van der Waals surface area (Å²) in [7, 11) is 0. The first-order valence-corrected chi connectivity index (χ1v) is 7.88. The summed E-state index contributed by atoms with van der Waals surface area (Å²) in [5.41, 5.74) is 1.16. The maximum Gasteiger partial charge on any atom is 0.417 e. The van der Waals surface area contributed by atoms with Gasteiger partial charge >= 0.3 is 6.18 Å². The normalized spacial score (nSPS) is 11.8. The molecule has 4 rings (SSSR count). The summed E-state index contributed by atoms with van der Waals surface area (Å²) < 4.78 is 42.6. The van der Waals surface area contributed by atoms with Crippen LogP contribution < -0.4 is 0 Å². The maximum absolute atomic E-state index is 13.7. The van der Waals surface area contributed by atoms with Gasteiger partial charge < -0.3 is 0 Å². The molecule has 4 aromatic rings. The molecule has 1 aromatic carbocycles. The lowest BCUT2D eigenvalue weighted by Gasteiger charge is -2.11. The zero-order valence-electron chi connectivity index (χ0n) is 13.7. The van der Waals surface area contributed by atoms with E-state index in [0.29, 0.717) is 11.3 Å². The lowest BCUT2D eigenvalue weighted by atomic mass is 10.1. The molecule has 0 saturated heterocycles. The van der Waals surface area contributed by atoms with E-state index in [0.717, 1.165) is 6.07 Å². The number of nitrogens with zero attached hydrogens (tertiary/aromatic N) is 4. The zero-order valence-corrected chi connectivity index (χ0v) is 13.7. The molecule has 7 heteroatoms. The number of para-hydroxylation sites is 1. The fourth-order valence-corrected chi connectivity index (χ4v) is 2.93. The summed E-state index contributed by atoms with van der Waals surface area (Å²) in [6.07, 6.45) is -1.47. The SMILES string of the molecule is Cc1nn(-c2ccccc2)c2nc(-c3ccncc3)cc(C(F)(F)F)c12. The van der Waals surface area contributed by atoms with Crippen molar-refractivity contribution in [2.75, 3.05) is 0 Å². The molecule has 0 unspecified atom stereocenters. The van der Waals surface area contributed by atoms with Crippen molar-refractivity contribution in [3.05, 3.63) is 72.2 Å². The highest BCUT2D eigenvalue weighted by Crippen LogP contribution is 2.38. The number of alkyl halides is 3. The van der Waals surface area contributed by atoms with Gasteiger partial charge in [-0.3, -0.25) is 4.98 Å². The maximum atomic E-state index is 13.7. The number of rotatable bonds is 2. The highest BCUT2D eigenvalue weighted by atomic mass is 19.4. The van der Waals surface area contributed by atoms with Crippen LogP contribution in [0, 0.1) is 6.92 Å². The molecular formula is C19H13F3N4. The van der Waals surface area contributed by atoms with Crippen molar-refractivity contribution in [1.29, 1.82) is 0 Å². The second kappa shape index (κ2) is 5.94. The standard InChI is InChI=1S/C19H13F3N4/c1-12-17-15(19(20,21)22)11-16(13-7-9-23-10-8-13)24-18(17)26(25-12)14-5-3-2-4-6-14/h2-11H,1H3. The van der Waals surface area contributed by atoms with Gasteiger partial charge in [0.25, 0.3) is 0 Å². The molecule has 0 aliphatic carbocycles. The molecule has 0 aliphatic rings. The molecule has 0 aliphatic heterocycles. The van der Waals surface area contributed by atoms with Gasteiger partial charge in [-0.1, -0.05) is 18.2 Å². The van der Waals surface area contributed by atoms with E-state index in [9.17, 15) is 13.2 Å². The predicted octanol–water partition coefficient (Wildman–Crippen LogP) is 4.81. The molecule has 0 amide bonds. The molecule has 4 nitrogen and oxygen atoms in total. The summed E-state index contributed by atoms with van der Waals surface area (Å²) in [6.45, 7) is 1.56. The lowest BCUT2D eigenvalue weighted by molar-refractivity contribution is -0.136. The van der Waals surface area contributed by atoms with Crippen LogP contribution in [0.4, 0.5) is 13.2 Å². The molecular weight excluding hydrogens is 341 g/mol. The fraction of sp³-hybridized carbons (Fsp3) is 0.105. The highest BCUT2D eigenvalue weighted by Gasteiger charge is 2.35. The molecule has 26 heavy (non-hydrogen) atoms. The van der Waals surface area contributed by atoms with E-state index in [2.05, 4.69) is 15.1 Å². The second-order valence-electron chi connectivity index (χ2n) is 5.82. The van der Waals surface area contributed by atoms with Gasteiger partial charge in [0, 0.05) is 18.0 Å². The molecule has 3 aromatic heterocycles. The minimum Gasteiger partial charge on any atom is -0.265 e.